The third kappa shape index (κ3) is 4.28. The van der Waals surface area contributed by atoms with Crippen LogP contribution >= 0.6 is 0 Å². The lowest BCUT2D eigenvalue weighted by atomic mass is 9.79. The molecule has 2 aromatic carbocycles. The van der Waals surface area contributed by atoms with Crippen molar-refractivity contribution >= 4 is 23.6 Å². The monoisotopic (exact) mass is 406 g/mol. The van der Waals surface area contributed by atoms with Crippen molar-refractivity contribution in [2.24, 2.45) is 4.99 Å². The van der Waals surface area contributed by atoms with Crippen LogP contribution in [0.1, 0.15) is 79.1 Å². The Hall–Kier alpha value is -2.62. The molecule has 1 unspecified atom stereocenters. The number of fused-ring (bicyclic) bond motifs is 1. The lowest BCUT2D eigenvalue weighted by molar-refractivity contribution is 0.0600. The average molecular weight is 407 g/mol. The number of hydrogen-bond acceptors (Lipinski definition) is 4. The maximum atomic E-state index is 11.7. The number of carbonyl (C=O) groups excluding carboxylic acids is 1. The Morgan fingerprint density at radius 1 is 1.23 bits per heavy atom. The predicted molar refractivity (Wildman–Crippen MR) is 126 cm³/mol. The summed E-state index contributed by atoms with van der Waals surface area (Å²) in [6.45, 7) is 14.5. The molecule has 0 fully saturated rings. The first-order valence-electron chi connectivity index (χ1n) is 10.8. The van der Waals surface area contributed by atoms with E-state index >= 15 is 0 Å². The summed E-state index contributed by atoms with van der Waals surface area (Å²) in [5, 5.41) is 0. The Labute approximate surface area is 181 Å². The van der Waals surface area contributed by atoms with E-state index in [0.717, 1.165) is 36.2 Å². The number of rotatable bonds is 5. The van der Waals surface area contributed by atoms with Gasteiger partial charge in [-0.25, -0.2) is 4.79 Å². The number of methoxy groups -OCH3 is 1. The predicted octanol–water partition coefficient (Wildman–Crippen LogP) is 6.34. The molecule has 0 spiro atoms. The second kappa shape index (κ2) is 8.63. The van der Waals surface area contributed by atoms with E-state index in [1.165, 1.54) is 23.9 Å². The molecule has 4 nitrogen and oxygen atoms in total. The molecule has 0 saturated heterocycles. The highest BCUT2D eigenvalue weighted by molar-refractivity contribution is 5.91. The van der Waals surface area contributed by atoms with Crippen molar-refractivity contribution in [3.8, 4) is 0 Å². The summed E-state index contributed by atoms with van der Waals surface area (Å²) in [5.41, 5.74) is 7.69. The van der Waals surface area contributed by atoms with Crippen molar-refractivity contribution in [3.63, 3.8) is 0 Å². The maximum Gasteiger partial charge on any atom is 0.337 e. The molecular formula is C26H34N2O2. The van der Waals surface area contributed by atoms with Gasteiger partial charge in [0.25, 0.3) is 0 Å². The van der Waals surface area contributed by atoms with Crippen molar-refractivity contribution in [1.82, 2.24) is 0 Å². The maximum absolute atomic E-state index is 11.7. The Morgan fingerprint density at radius 3 is 2.60 bits per heavy atom. The molecular weight excluding hydrogens is 372 g/mol. The summed E-state index contributed by atoms with van der Waals surface area (Å²) >= 11 is 0. The largest absolute Gasteiger partial charge is 0.465 e. The lowest BCUT2D eigenvalue weighted by Crippen LogP contribution is -2.48. The highest BCUT2D eigenvalue weighted by atomic mass is 16.5. The fourth-order valence-electron chi connectivity index (χ4n) is 4.62. The van der Waals surface area contributed by atoms with E-state index < -0.39 is 0 Å². The molecule has 0 aromatic heterocycles. The van der Waals surface area contributed by atoms with Crippen molar-refractivity contribution in [1.29, 1.82) is 0 Å². The lowest BCUT2D eigenvalue weighted by Gasteiger charge is -2.48. The number of esters is 1. The molecule has 1 aliphatic heterocycles. The summed E-state index contributed by atoms with van der Waals surface area (Å²) in [4.78, 5) is 19.0. The zero-order chi connectivity index (χ0) is 22.1. The van der Waals surface area contributed by atoms with E-state index in [1.54, 1.807) is 6.07 Å². The Morgan fingerprint density at radius 2 is 1.97 bits per heavy atom. The second-order valence-corrected chi connectivity index (χ2v) is 9.09. The number of benzene rings is 2. The third-order valence-corrected chi connectivity index (χ3v) is 6.18. The second-order valence-electron chi connectivity index (χ2n) is 9.09. The normalized spacial score (nSPS) is 17.8. The Kier molecular flexibility index (Phi) is 6.35. The van der Waals surface area contributed by atoms with Gasteiger partial charge < -0.3 is 9.64 Å². The average Bonchev–Trinajstić information content (AvgIpc) is 2.69. The van der Waals surface area contributed by atoms with Crippen LogP contribution in [0.4, 0.5) is 11.4 Å². The molecule has 1 atom stereocenters. The van der Waals surface area contributed by atoms with E-state index in [1.807, 2.05) is 25.3 Å². The molecule has 0 saturated carbocycles. The summed E-state index contributed by atoms with van der Waals surface area (Å²) < 4.78 is 4.80. The molecule has 1 aliphatic rings. The van der Waals surface area contributed by atoms with Gasteiger partial charge in [-0.1, -0.05) is 13.8 Å². The van der Waals surface area contributed by atoms with E-state index in [4.69, 9.17) is 9.73 Å². The molecule has 160 valence electrons. The van der Waals surface area contributed by atoms with Crippen LogP contribution in [-0.2, 0) is 4.74 Å². The van der Waals surface area contributed by atoms with Gasteiger partial charge in [0, 0.05) is 24.0 Å². The van der Waals surface area contributed by atoms with Crippen LogP contribution in [0.15, 0.2) is 35.3 Å². The number of carbonyl (C=O) groups is 1. The summed E-state index contributed by atoms with van der Waals surface area (Å²) in [7, 11) is 1.40. The summed E-state index contributed by atoms with van der Waals surface area (Å²) in [5.74, 6) is 0.185. The van der Waals surface area contributed by atoms with E-state index in [0.29, 0.717) is 11.5 Å². The van der Waals surface area contributed by atoms with Crippen LogP contribution < -0.4 is 4.90 Å². The van der Waals surface area contributed by atoms with Gasteiger partial charge in [-0.05, 0) is 99.0 Å². The van der Waals surface area contributed by atoms with Crippen LogP contribution in [0.3, 0.4) is 0 Å². The minimum atomic E-state index is -0.326. The topological polar surface area (TPSA) is 41.9 Å². The number of aliphatic imine (C=N–C) groups is 1. The van der Waals surface area contributed by atoms with Crippen molar-refractivity contribution < 1.29 is 9.53 Å². The Bertz CT molecular complexity index is 975. The smallest absolute Gasteiger partial charge is 0.337 e. The fraction of sp³-hybridized carbons (Fsp3) is 0.462. The first kappa shape index (κ1) is 22.1. The molecule has 0 aliphatic carbocycles. The zero-order valence-electron chi connectivity index (χ0n) is 19.4. The zero-order valence-corrected chi connectivity index (χ0v) is 19.4. The SMILES string of the molecule is CCCN1c2cc(C)c(C=Nc3ccc(C(=O)OC)cc3C)cc2C(C)CC1(C)C. The van der Waals surface area contributed by atoms with Crippen LogP contribution in [0.25, 0.3) is 0 Å². The minimum absolute atomic E-state index is 0.170. The molecule has 3 rings (SSSR count). The molecule has 4 heteroatoms. The highest BCUT2D eigenvalue weighted by Gasteiger charge is 2.36. The Balaban J connectivity index is 1.96. The van der Waals surface area contributed by atoms with Gasteiger partial charge in [0.15, 0.2) is 0 Å². The molecule has 30 heavy (non-hydrogen) atoms. The van der Waals surface area contributed by atoms with Crippen molar-refractivity contribution in [2.45, 2.75) is 65.8 Å². The third-order valence-electron chi connectivity index (χ3n) is 6.18. The number of nitrogens with zero attached hydrogens (tertiary/aromatic N) is 2. The van der Waals surface area contributed by atoms with Gasteiger partial charge in [0.2, 0.25) is 0 Å². The van der Waals surface area contributed by atoms with Crippen LogP contribution in [-0.4, -0.2) is 31.4 Å². The standard InChI is InChI=1S/C26H34N2O2/c1-8-11-28-24-13-17(2)21(14-22(24)19(4)15-26(28,5)6)16-27-23-10-9-20(12-18(23)3)25(29)30-7/h9-10,12-14,16,19H,8,11,15H2,1-7H3. The van der Waals surface area contributed by atoms with Crippen LogP contribution in [0.2, 0.25) is 0 Å². The van der Waals surface area contributed by atoms with Gasteiger partial charge in [0.05, 0.1) is 18.4 Å². The number of ether oxygens (including phenoxy) is 1. The van der Waals surface area contributed by atoms with E-state index in [2.05, 4.69) is 51.7 Å². The first-order valence-corrected chi connectivity index (χ1v) is 10.8. The van der Waals surface area contributed by atoms with Crippen molar-refractivity contribution in [3.05, 3.63) is 58.1 Å². The molecule has 0 bridgehead atoms. The van der Waals surface area contributed by atoms with Gasteiger partial charge in [-0.2, -0.15) is 0 Å². The highest BCUT2D eigenvalue weighted by Crippen LogP contribution is 2.44. The van der Waals surface area contributed by atoms with E-state index in [9.17, 15) is 4.79 Å². The number of anilines is 1. The van der Waals surface area contributed by atoms with Crippen LogP contribution in [0, 0.1) is 13.8 Å². The summed E-state index contributed by atoms with van der Waals surface area (Å²) in [6, 6.07) is 10.1. The van der Waals surface area contributed by atoms with Crippen LogP contribution in [0.5, 0.6) is 0 Å². The van der Waals surface area contributed by atoms with Crippen molar-refractivity contribution in [2.75, 3.05) is 18.6 Å². The van der Waals surface area contributed by atoms with E-state index in [-0.39, 0.29) is 11.5 Å². The van der Waals surface area contributed by atoms with Gasteiger partial charge in [0.1, 0.15) is 0 Å². The molecule has 0 amide bonds. The molecule has 2 aromatic rings. The van der Waals surface area contributed by atoms with Gasteiger partial charge in [-0.3, -0.25) is 4.99 Å². The van der Waals surface area contributed by atoms with Gasteiger partial charge >= 0.3 is 5.97 Å². The first-order chi connectivity index (χ1) is 14.2. The minimum Gasteiger partial charge on any atom is -0.465 e. The number of aryl methyl sites for hydroxylation is 2. The van der Waals surface area contributed by atoms with Gasteiger partial charge in [-0.15, -0.1) is 0 Å². The fourth-order valence-corrected chi connectivity index (χ4v) is 4.62. The molecule has 1 heterocycles. The number of hydrogen-bond donors (Lipinski definition) is 0. The quantitative estimate of drug-likeness (QED) is 0.429. The molecule has 0 radical (unpaired) electrons. The molecule has 0 N–H and O–H groups in total. The summed E-state index contributed by atoms with van der Waals surface area (Å²) in [6.07, 6.45) is 4.24.